The molecule has 8 heteroatoms. The summed E-state index contributed by atoms with van der Waals surface area (Å²) in [6, 6.07) is 11.0. The second-order valence-corrected chi connectivity index (χ2v) is 9.09. The average Bonchev–Trinajstić information content (AvgIpc) is 2.66. The van der Waals surface area contributed by atoms with Crippen LogP contribution in [-0.4, -0.2) is 40.8 Å². The SMILES string of the molecule is CCNC(=NCc1ccc(S(C)(=O)=O)c(C)c1)NCCc1ccc(OC)cc1Cl. The van der Waals surface area contributed by atoms with Gasteiger partial charge in [0.1, 0.15) is 5.75 Å². The first-order chi connectivity index (χ1) is 13.7. The van der Waals surface area contributed by atoms with E-state index in [9.17, 15) is 8.42 Å². The largest absolute Gasteiger partial charge is 0.497 e. The zero-order chi connectivity index (χ0) is 21.4. The summed E-state index contributed by atoms with van der Waals surface area (Å²) in [5.41, 5.74) is 2.71. The zero-order valence-electron chi connectivity index (χ0n) is 17.3. The van der Waals surface area contributed by atoms with Gasteiger partial charge in [-0.1, -0.05) is 29.8 Å². The normalized spacial score (nSPS) is 12.0. The van der Waals surface area contributed by atoms with E-state index in [1.165, 1.54) is 6.26 Å². The van der Waals surface area contributed by atoms with Crippen LogP contribution in [0, 0.1) is 6.92 Å². The monoisotopic (exact) mass is 437 g/mol. The molecule has 0 spiro atoms. The maximum atomic E-state index is 11.7. The van der Waals surface area contributed by atoms with E-state index in [4.69, 9.17) is 16.3 Å². The number of benzene rings is 2. The van der Waals surface area contributed by atoms with Crippen molar-refractivity contribution < 1.29 is 13.2 Å². The van der Waals surface area contributed by atoms with Crippen molar-refractivity contribution >= 4 is 27.4 Å². The van der Waals surface area contributed by atoms with Crippen LogP contribution in [0.25, 0.3) is 0 Å². The fraction of sp³-hybridized carbons (Fsp3) is 0.381. The number of sulfone groups is 1. The van der Waals surface area contributed by atoms with Crippen LogP contribution in [0.5, 0.6) is 5.75 Å². The summed E-state index contributed by atoms with van der Waals surface area (Å²) < 4.78 is 28.7. The number of aliphatic imine (C=N–C) groups is 1. The predicted molar refractivity (Wildman–Crippen MR) is 119 cm³/mol. The minimum absolute atomic E-state index is 0.353. The van der Waals surface area contributed by atoms with Gasteiger partial charge in [0.05, 0.1) is 18.6 Å². The van der Waals surface area contributed by atoms with Crippen LogP contribution >= 0.6 is 11.6 Å². The number of guanidine groups is 1. The van der Waals surface area contributed by atoms with Gasteiger partial charge in [-0.05, 0) is 55.2 Å². The molecule has 29 heavy (non-hydrogen) atoms. The number of methoxy groups -OCH3 is 1. The van der Waals surface area contributed by atoms with E-state index < -0.39 is 9.84 Å². The van der Waals surface area contributed by atoms with Gasteiger partial charge in [-0.2, -0.15) is 0 Å². The van der Waals surface area contributed by atoms with Crippen molar-refractivity contribution in [1.29, 1.82) is 0 Å². The van der Waals surface area contributed by atoms with Crippen molar-refractivity contribution in [3.05, 3.63) is 58.1 Å². The summed E-state index contributed by atoms with van der Waals surface area (Å²) in [7, 11) is -1.60. The molecule has 2 aromatic rings. The topological polar surface area (TPSA) is 79.8 Å². The van der Waals surface area contributed by atoms with Gasteiger partial charge in [-0.3, -0.25) is 0 Å². The molecule has 0 saturated carbocycles. The van der Waals surface area contributed by atoms with Crippen LogP contribution in [-0.2, 0) is 22.8 Å². The van der Waals surface area contributed by atoms with Gasteiger partial charge in [0.2, 0.25) is 0 Å². The van der Waals surface area contributed by atoms with Crippen molar-refractivity contribution in [3.63, 3.8) is 0 Å². The highest BCUT2D eigenvalue weighted by atomic mass is 35.5. The molecule has 158 valence electrons. The maximum Gasteiger partial charge on any atom is 0.191 e. The Labute approximate surface area is 178 Å². The zero-order valence-corrected chi connectivity index (χ0v) is 18.8. The van der Waals surface area contributed by atoms with Crippen molar-refractivity contribution in [2.45, 2.75) is 31.7 Å². The van der Waals surface area contributed by atoms with E-state index >= 15 is 0 Å². The Bertz CT molecular complexity index is 975. The molecule has 0 aliphatic rings. The molecule has 0 aliphatic heterocycles. The average molecular weight is 438 g/mol. The lowest BCUT2D eigenvalue weighted by atomic mass is 10.1. The van der Waals surface area contributed by atoms with Crippen LogP contribution in [0.1, 0.15) is 23.6 Å². The number of halogens is 1. The van der Waals surface area contributed by atoms with Gasteiger partial charge in [0.25, 0.3) is 0 Å². The molecule has 0 heterocycles. The highest BCUT2D eigenvalue weighted by Crippen LogP contribution is 2.22. The number of aryl methyl sites for hydroxylation is 1. The molecule has 0 unspecified atom stereocenters. The molecular formula is C21H28ClN3O3S. The second-order valence-electron chi connectivity index (χ2n) is 6.70. The van der Waals surface area contributed by atoms with Crippen LogP contribution in [0.15, 0.2) is 46.3 Å². The Balaban J connectivity index is 2.00. The van der Waals surface area contributed by atoms with Crippen LogP contribution in [0.4, 0.5) is 0 Å². The lowest BCUT2D eigenvalue weighted by Crippen LogP contribution is -2.38. The molecule has 0 radical (unpaired) electrons. The van der Waals surface area contributed by atoms with Crippen molar-refractivity contribution in [1.82, 2.24) is 10.6 Å². The summed E-state index contributed by atoms with van der Waals surface area (Å²) >= 11 is 6.29. The summed E-state index contributed by atoms with van der Waals surface area (Å²) in [6.07, 6.45) is 1.96. The Morgan fingerprint density at radius 3 is 2.52 bits per heavy atom. The molecule has 0 atom stereocenters. The van der Waals surface area contributed by atoms with Gasteiger partial charge < -0.3 is 15.4 Å². The van der Waals surface area contributed by atoms with Crippen LogP contribution in [0.2, 0.25) is 5.02 Å². The maximum absolute atomic E-state index is 11.7. The van der Waals surface area contributed by atoms with Gasteiger partial charge in [0, 0.05) is 24.4 Å². The highest BCUT2D eigenvalue weighted by Gasteiger charge is 2.11. The minimum atomic E-state index is -3.22. The van der Waals surface area contributed by atoms with Crippen molar-refractivity contribution in [3.8, 4) is 5.75 Å². The molecule has 2 N–H and O–H groups in total. The third-order valence-corrected chi connectivity index (χ3v) is 5.96. The summed E-state index contributed by atoms with van der Waals surface area (Å²) in [6.45, 7) is 5.66. The third-order valence-electron chi connectivity index (χ3n) is 4.35. The quantitative estimate of drug-likeness (QED) is 0.489. The lowest BCUT2D eigenvalue weighted by Gasteiger charge is -2.12. The summed E-state index contributed by atoms with van der Waals surface area (Å²) in [5.74, 6) is 1.43. The van der Waals surface area contributed by atoms with Gasteiger partial charge in [-0.15, -0.1) is 0 Å². The summed E-state index contributed by atoms with van der Waals surface area (Å²) in [5, 5.41) is 7.19. The van der Waals surface area contributed by atoms with Crippen molar-refractivity contribution in [2.24, 2.45) is 4.99 Å². The molecule has 2 aromatic carbocycles. The first kappa shape index (κ1) is 23.0. The predicted octanol–water partition coefficient (Wildman–Crippen LogP) is 3.36. The van der Waals surface area contributed by atoms with E-state index in [0.29, 0.717) is 29.0 Å². The van der Waals surface area contributed by atoms with Gasteiger partial charge in [-0.25, -0.2) is 13.4 Å². The molecule has 0 bridgehead atoms. The molecule has 0 aromatic heterocycles. The fourth-order valence-corrected chi connectivity index (χ4v) is 4.14. The number of hydrogen-bond donors (Lipinski definition) is 2. The Kier molecular flexibility index (Phi) is 8.34. The smallest absolute Gasteiger partial charge is 0.191 e. The van der Waals surface area contributed by atoms with E-state index in [2.05, 4.69) is 15.6 Å². The van der Waals surface area contributed by atoms with Crippen LogP contribution < -0.4 is 15.4 Å². The van der Waals surface area contributed by atoms with Crippen LogP contribution in [0.3, 0.4) is 0 Å². The Hall–Kier alpha value is -2.25. The second kappa shape index (κ2) is 10.5. The molecule has 0 saturated heterocycles. The minimum Gasteiger partial charge on any atom is -0.497 e. The third kappa shape index (κ3) is 6.94. The first-order valence-electron chi connectivity index (χ1n) is 9.38. The molecular weight excluding hydrogens is 410 g/mol. The van der Waals surface area contributed by atoms with Crippen molar-refractivity contribution in [2.75, 3.05) is 26.5 Å². The van der Waals surface area contributed by atoms with E-state index in [-0.39, 0.29) is 0 Å². The highest BCUT2D eigenvalue weighted by molar-refractivity contribution is 7.90. The number of hydrogen-bond acceptors (Lipinski definition) is 4. The first-order valence-corrected chi connectivity index (χ1v) is 11.7. The molecule has 0 fully saturated rings. The molecule has 6 nitrogen and oxygen atoms in total. The number of nitrogens with one attached hydrogen (secondary N) is 2. The molecule has 2 rings (SSSR count). The number of ether oxygens (including phenoxy) is 1. The number of rotatable bonds is 8. The van der Waals surface area contributed by atoms with Gasteiger partial charge in [0.15, 0.2) is 15.8 Å². The summed E-state index contributed by atoms with van der Waals surface area (Å²) in [4.78, 5) is 4.94. The molecule has 0 aliphatic carbocycles. The molecule has 0 amide bonds. The van der Waals surface area contributed by atoms with Gasteiger partial charge >= 0.3 is 0 Å². The van der Waals surface area contributed by atoms with E-state index in [1.807, 2.05) is 25.1 Å². The Morgan fingerprint density at radius 1 is 1.17 bits per heavy atom. The van der Waals surface area contributed by atoms with E-state index in [1.54, 1.807) is 32.2 Å². The fourth-order valence-electron chi connectivity index (χ4n) is 2.91. The lowest BCUT2D eigenvalue weighted by molar-refractivity contribution is 0.414. The van der Waals surface area contributed by atoms with E-state index in [0.717, 1.165) is 35.4 Å². The number of nitrogens with zero attached hydrogens (tertiary/aromatic N) is 1. The Morgan fingerprint density at radius 2 is 1.93 bits per heavy atom. The standard InChI is InChI=1S/C21H28ClN3O3S/c1-5-23-21(24-11-10-17-7-8-18(28-3)13-19(17)22)25-14-16-6-9-20(15(2)12-16)29(4,26)27/h6-9,12-13H,5,10-11,14H2,1-4H3,(H2,23,24,25).